The molecule has 31 heavy (non-hydrogen) atoms. The van der Waals surface area contributed by atoms with Crippen molar-refractivity contribution in [1.82, 2.24) is 9.88 Å². The molecule has 2 aromatic rings. The number of piperidine rings is 1. The quantitative estimate of drug-likeness (QED) is 0.752. The molecule has 6 nitrogen and oxygen atoms in total. The normalized spacial score (nSPS) is 16.7. The summed E-state index contributed by atoms with van der Waals surface area (Å²) in [6, 6.07) is 7.59. The molecule has 0 bridgehead atoms. The first-order valence-electron chi connectivity index (χ1n) is 11.4. The van der Waals surface area contributed by atoms with E-state index in [4.69, 9.17) is 0 Å². The topological polar surface area (TPSA) is 65.5 Å². The van der Waals surface area contributed by atoms with Crippen LogP contribution in [-0.4, -0.2) is 41.3 Å². The van der Waals surface area contributed by atoms with Gasteiger partial charge in [0.25, 0.3) is 5.91 Å². The summed E-state index contributed by atoms with van der Waals surface area (Å²) in [5.41, 5.74) is 4.18. The van der Waals surface area contributed by atoms with Gasteiger partial charge in [-0.1, -0.05) is 34.1 Å². The van der Waals surface area contributed by atoms with E-state index in [1.54, 1.807) is 23.2 Å². The number of rotatable bonds is 4. The molecule has 1 aromatic heterocycles. The SMILES string of the molecule is CC(C)c1cc2c(cc1C(C)C)N(C(=O)CN1CCCCC1)c1ncccc1C(=O)N2. The van der Waals surface area contributed by atoms with Crippen LogP contribution in [0.5, 0.6) is 0 Å². The Kier molecular flexibility index (Phi) is 6.10. The summed E-state index contributed by atoms with van der Waals surface area (Å²) < 4.78 is 0. The summed E-state index contributed by atoms with van der Waals surface area (Å²) in [4.78, 5) is 35.0. The Balaban J connectivity index is 1.86. The van der Waals surface area contributed by atoms with Crippen molar-refractivity contribution >= 4 is 29.0 Å². The zero-order chi connectivity index (χ0) is 22.1. The van der Waals surface area contributed by atoms with E-state index in [-0.39, 0.29) is 11.8 Å². The van der Waals surface area contributed by atoms with Gasteiger partial charge in [0.2, 0.25) is 5.91 Å². The lowest BCUT2D eigenvalue weighted by Crippen LogP contribution is -2.41. The second-order valence-corrected chi connectivity index (χ2v) is 9.20. The van der Waals surface area contributed by atoms with Crippen molar-refractivity contribution in [2.24, 2.45) is 0 Å². The lowest BCUT2D eigenvalue weighted by molar-refractivity contribution is -0.119. The zero-order valence-electron chi connectivity index (χ0n) is 18.9. The van der Waals surface area contributed by atoms with Crippen LogP contribution in [0.4, 0.5) is 17.2 Å². The number of amides is 2. The molecule has 1 N–H and O–H groups in total. The molecular weight excluding hydrogens is 388 g/mol. The van der Waals surface area contributed by atoms with Crippen LogP contribution < -0.4 is 10.2 Å². The molecule has 4 rings (SSSR count). The molecule has 0 saturated carbocycles. The van der Waals surface area contributed by atoms with E-state index in [0.717, 1.165) is 25.9 Å². The van der Waals surface area contributed by atoms with Crippen molar-refractivity contribution in [3.05, 3.63) is 47.2 Å². The number of aromatic nitrogens is 1. The number of pyridine rings is 1. The van der Waals surface area contributed by atoms with Crippen molar-refractivity contribution in [2.75, 3.05) is 29.9 Å². The molecule has 0 aliphatic carbocycles. The van der Waals surface area contributed by atoms with Crippen LogP contribution in [0, 0.1) is 0 Å². The van der Waals surface area contributed by atoms with Crippen molar-refractivity contribution in [3.63, 3.8) is 0 Å². The number of hydrogen-bond donors (Lipinski definition) is 1. The Morgan fingerprint density at radius 2 is 1.74 bits per heavy atom. The average Bonchev–Trinajstić information content (AvgIpc) is 2.87. The van der Waals surface area contributed by atoms with Gasteiger partial charge in [0.15, 0.2) is 5.82 Å². The van der Waals surface area contributed by atoms with Gasteiger partial charge in [0.1, 0.15) is 0 Å². The number of benzene rings is 1. The summed E-state index contributed by atoms with van der Waals surface area (Å²) in [5, 5.41) is 3.04. The number of nitrogens with one attached hydrogen (secondary N) is 1. The average molecular weight is 421 g/mol. The maximum Gasteiger partial charge on any atom is 0.259 e. The molecule has 2 aliphatic heterocycles. The summed E-state index contributed by atoms with van der Waals surface area (Å²) in [7, 11) is 0. The minimum absolute atomic E-state index is 0.0494. The molecule has 1 fully saturated rings. The van der Waals surface area contributed by atoms with Crippen LogP contribution in [0.3, 0.4) is 0 Å². The number of hydrogen-bond acceptors (Lipinski definition) is 4. The number of fused-ring (bicyclic) bond motifs is 2. The molecule has 164 valence electrons. The second kappa shape index (κ2) is 8.79. The monoisotopic (exact) mass is 420 g/mol. The van der Waals surface area contributed by atoms with Gasteiger partial charge < -0.3 is 5.32 Å². The molecule has 0 unspecified atom stereocenters. The molecular formula is C25H32N4O2. The van der Waals surface area contributed by atoms with Crippen LogP contribution >= 0.6 is 0 Å². The lowest BCUT2D eigenvalue weighted by Gasteiger charge is -2.30. The van der Waals surface area contributed by atoms with E-state index in [1.165, 1.54) is 17.5 Å². The minimum Gasteiger partial charge on any atom is -0.320 e. The first-order chi connectivity index (χ1) is 14.9. The van der Waals surface area contributed by atoms with Gasteiger partial charge in [-0.05, 0) is 73.2 Å². The fourth-order valence-electron chi connectivity index (χ4n) is 4.59. The predicted octanol–water partition coefficient (Wildman–Crippen LogP) is 5.04. The molecule has 0 spiro atoms. The van der Waals surface area contributed by atoms with E-state index in [9.17, 15) is 9.59 Å². The Labute approximate surface area is 184 Å². The predicted molar refractivity (Wildman–Crippen MR) is 124 cm³/mol. The van der Waals surface area contributed by atoms with Crippen molar-refractivity contribution in [3.8, 4) is 0 Å². The first kappa shape index (κ1) is 21.5. The summed E-state index contributed by atoms with van der Waals surface area (Å²) >= 11 is 0. The van der Waals surface area contributed by atoms with Crippen molar-refractivity contribution in [1.29, 1.82) is 0 Å². The second-order valence-electron chi connectivity index (χ2n) is 9.20. The fourth-order valence-corrected chi connectivity index (χ4v) is 4.59. The molecule has 2 aliphatic rings. The van der Waals surface area contributed by atoms with Gasteiger partial charge in [0.05, 0.1) is 23.5 Å². The molecule has 0 radical (unpaired) electrons. The van der Waals surface area contributed by atoms with E-state index < -0.39 is 0 Å². The highest BCUT2D eigenvalue weighted by Gasteiger charge is 2.32. The number of carbonyl (C=O) groups excluding carboxylic acids is 2. The maximum absolute atomic E-state index is 13.7. The Morgan fingerprint density at radius 3 is 2.42 bits per heavy atom. The maximum atomic E-state index is 13.7. The molecule has 1 aromatic carbocycles. The number of carbonyl (C=O) groups is 2. The van der Waals surface area contributed by atoms with E-state index in [0.29, 0.717) is 41.1 Å². The molecule has 3 heterocycles. The summed E-state index contributed by atoms with van der Waals surface area (Å²) in [5.74, 6) is 0.730. The summed E-state index contributed by atoms with van der Waals surface area (Å²) in [6.07, 6.45) is 5.10. The van der Waals surface area contributed by atoms with Gasteiger partial charge in [-0.25, -0.2) is 4.98 Å². The van der Waals surface area contributed by atoms with Gasteiger partial charge in [-0.3, -0.25) is 19.4 Å². The third-order valence-corrected chi connectivity index (χ3v) is 6.23. The van der Waals surface area contributed by atoms with Crippen LogP contribution in [0.15, 0.2) is 30.5 Å². The van der Waals surface area contributed by atoms with E-state index in [2.05, 4.69) is 49.0 Å². The van der Waals surface area contributed by atoms with Crippen molar-refractivity contribution in [2.45, 2.75) is 58.8 Å². The first-order valence-corrected chi connectivity index (χ1v) is 11.4. The standard InChI is InChI=1S/C25H32N4O2/c1-16(2)19-13-21-22(14-20(19)17(3)4)29(23(30)15-28-11-6-5-7-12-28)24-18(25(31)27-21)9-8-10-26-24/h8-10,13-14,16-17H,5-7,11-12,15H2,1-4H3,(H,27,31). The molecule has 2 amide bonds. The Hall–Kier alpha value is -2.73. The largest absolute Gasteiger partial charge is 0.320 e. The highest BCUT2D eigenvalue weighted by Crippen LogP contribution is 2.41. The van der Waals surface area contributed by atoms with Crippen LogP contribution in [0.1, 0.15) is 80.3 Å². The fraction of sp³-hybridized carbons (Fsp3) is 0.480. The number of likely N-dealkylation sites (tertiary alicyclic amines) is 1. The molecule has 1 saturated heterocycles. The highest BCUT2D eigenvalue weighted by molar-refractivity contribution is 6.17. The van der Waals surface area contributed by atoms with Gasteiger partial charge in [-0.15, -0.1) is 0 Å². The number of nitrogens with zero attached hydrogens (tertiary/aromatic N) is 3. The lowest BCUT2D eigenvalue weighted by atomic mass is 9.89. The summed E-state index contributed by atoms with van der Waals surface area (Å²) in [6.45, 7) is 10.8. The van der Waals surface area contributed by atoms with Crippen molar-refractivity contribution < 1.29 is 9.59 Å². The highest BCUT2D eigenvalue weighted by atomic mass is 16.2. The van der Waals surface area contributed by atoms with E-state index >= 15 is 0 Å². The van der Waals surface area contributed by atoms with Gasteiger partial charge in [0, 0.05) is 6.20 Å². The Bertz CT molecular complexity index is 993. The van der Waals surface area contributed by atoms with E-state index in [1.807, 2.05) is 6.07 Å². The Morgan fingerprint density at radius 1 is 1.06 bits per heavy atom. The van der Waals surface area contributed by atoms with Gasteiger partial charge >= 0.3 is 0 Å². The van der Waals surface area contributed by atoms with Gasteiger partial charge in [-0.2, -0.15) is 0 Å². The smallest absolute Gasteiger partial charge is 0.259 e. The molecule has 0 atom stereocenters. The zero-order valence-corrected chi connectivity index (χ0v) is 18.9. The van der Waals surface area contributed by atoms with Crippen LogP contribution in [0.25, 0.3) is 0 Å². The van der Waals surface area contributed by atoms with Crippen LogP contribution in [-0.2, 0) is 4.79 Å². The molecule has 6 heteroatoms. The third-order valence-electron chi connectivity index (χ3n) is 6.23. The number of anilines is 3. The van der Waals surface area contributed by atoms with Crippen LogP contribution in [0.2, 0.25) is 0 Å². The third kappa shape index (κ3) is 4.22. The minimum atomic E-state index is -0.232.